The molecule has 3 rings (SSSR count). The van der Waals surface area contributed by atoms with E-state index in [0.717, 1.165) is 17.0 Å². The van der Waals surface area contributed by atoms with Gasteiger partial charge in [0.15, 0.2) is 0 Å². The second kappa shape index (κ2) is 6.62. The summed E-state index contributed by atoms with van der Waals surface area (Å²) in [7, 11) is 1.60. The van der Waals surface area contributed by atoms with Crippen molar-refractivity contribution in [3.63, 3.8) is 0 Å². The number of allylic oxidation sites excluding steroid dienone is 1. The number of anilines is 1. The van der Waals surface area contributed by atoms with Gasteiger partial charge in [-0.15, -0.1) is 0 Å². The fourth-order valence-corrected chi connectivity index (χ4v) is 2.81. The van der Waals surface area contributed by atoms with Crippen molar-refractivity contribution < 1.29 is 14.6 Å². The average molecular weight is 321 g/mol. The fraction of sp³-hybridized carbons (Fsp3) is 0.150. The monoisotopic (exact) mass is 321 g/mol. The summed E-state index contributed by atoms with van der Waals surface area (Å²) in [5.41, 5.74) is 2.06. The number of nitrogens with zero attached hydrogens (tertiary/aromatic N) is 1. The number of ether oxygens (including phenoxy) is 1. The van der Waals surface area contributed by atoms with Crippen LogP contribution in [0.3, 0.4) is 0 Å². The van der Waals surface area contributed by atoms with E-state index in [1.54, 1.807) is 18.1 Å². The lowest BCUT2D eigenvalue weighted by Gasteiger charge is -2.34. The van der Waals surface area contributed by atoms with E-state index >= 15 is 0 Å². The van der Waals surface area contributed by atoms with Gasteiger partial charge in [0.2, 0.25) is 0 Å². The average Bonchev–Trinajstić information content (AvgIpc) is 2.62. The first kappa shape index (κ1) is 15.9. The smallest absolute Gasteiger partial charge is 0.262 e. The Labute approximate surface area is 141 Å². The normalized spacial score (nSPS) is 19.3. The molecular weight excluding hydrogens is 302 g/mol. The molecule has 0 aliphatic carbocycles. The Balaban J connectivity index is 2.10. The number of aliphatic hydroxyl groups is 1. The first-order valence-corrected chi connectivity index (χ1v) is 7.72. The van der Waals surface area contributed by atoms with Gasteiger partial charge >= 0.3 is 0 Å². The van der Waals surface area contributed by atoms with E-state index in [1.165, 1.54) is 6.92 Å². The molecule has 0 saturated carbocycles. The number of rotatable bonds is 3. The van der Waals surface area contributed by atoms with Crippen molar-refractivity contribution >= 4 is 11.6 Å². The number of methoxy groups -OCH3 is 1. The SMILES string of the molecule is COc1ccc(N2C(=O)/C(=C(/C)O)C=CC2c2ccccc2)cc1. The second-order valence-corrected chi connectivity index (χ2v) is 5.59. The maximum absolute atomic E-state index is 12.9. The van der Waals surface area contributed by atoms with Crippen molar-refractivity contribution in [3.05, 3.63) is 83.6 Å². The molecule has 1 N–H and O–H groups in total. The van der Waals surface area contributed by atoms with E-state index in [1.807, 2.05) is 60.7 Å². The predicted molar refractivity (Wildman–Crippen MR) is 94.1 cm³/mol. The molecule has 2 aromatic carbocycles. The van der Waals surface area contributed by atoms with E-state index in [4.69, 9.17) is 4.74 Å². The van der Waals surface area contributed by atoms with Gasteiger partial charge in [0.05, 0.1) is 18.7 Å². The first-order valence-electron chi connectivity index (χ1n) is 7.72. The van der Waals surface area contributed by atoms with Gasteiger partial charge in [-0.1, -0.05) is 36.4 Å². The first-order chi connectivity index (χ1) is 11.6. The zero-order valence-electron chi connectivity index (χ0n) is 13.6. The van der Waals surface area contributed by atoms with Crippen LogP contribution in [0.4, 0.5) is 5.69 Å². The van der Waals surface area contributed by atoms with E-state index in [2.05, 4.69) is 0 Å². The van der Waals surface area contributed by atoms with Crippen molar-refractivity contribution in [2.45, 2.75) is 13.0 Å². The van der Waals surface area contributed by atoms with Crippen molar-refractivity contribution in [1.82, 2.24) is 0 Å². The van der Waals surface area contributed by atoms with Crippen LogP contribution in [0.15, 0.2) is 78.1 Å². The third kappa shape index (κ3) is 2.91. The summed E-state index contributed by atoms with van der Waals surface area (Å²) in [5.74, 6) is 0.516. The van der Waals surface area contributed by atoms with E-state index in [9.17, 15) is 9.90 Å². The lowest BCUT2D eigenvalue weighted by molar-refractivity contribution is -0.115. The Bertz CT molecular complexity index is 787. The van der Waals surface area contributed by atoms with Gasteiger partial charge in [0.1, 0.15) is 11.5 Å². The molecule has 1 amide bonds. The molecule has 1 aliphatic heterocycles. The molecule has 24 heavy (non-hydrogen) atoms. The third-order valence-electron chi connectivity index (χ3n) is 4.05. The zero-order chi connectivity index (χ0) is 17.1. The molecule has 0 fully saturated rings. The second-order valence-electron chi connectivity index (χ2n) is 5.59. The predicted octanol–water partition coefficient (Wildman–Crippen LogP) is 4.17. The van der Waals surface area contributed by atoms with Crippen LogP contribution in [0, 0.1) is 0 Å². The quantitative estimate of drug-likeness (QED) is 0.682. The van der Waals surface area contributed by atoms with Gasteiger partial charge in [-0.3, -0.25) is 9.69 Å². The van der Waals surface area contributed by atoms with Crippen LogP contribution < -0.4 is 9.64 Å². The molecule has 0 spiro atoms. The molecule has 122 valence electrons. The molecule has 1 atom stereocenters. The lowest BCUT2D eigenvalue weighted by Crippen LogP contribution is -2.37. The molecule has 0 radical (unpaired) electrons. The Morgan fingerprint density at radius 2 is 1.75 bits per heavy atom. The minimum atomic E-state index is -0.227. The van der Waals surface area contributed by atoms with Crippen molar-refractivity contribution in [2.75, 3.05) is 12.0 Å². The molecule has 0 bridgehead atoms. The minimum Gasteiger partial charge on any atom is -0.512 e. The summed E-state index contributed by atoms with van der Waals surface area (Å²) in [6.07, 6.45) is 3.62. The molecular formula is C20H19NO3. The number of amides is 1. The summed E-state index contributed by atoms with van der Waals surface area (Å²) in [6, 6.07) is 16.9. The van der Waals surface area contributed by atoms with Gasteiger partial charge in [-0.25, -0.2) is 0 Å². The number of carbonyl (C=O) groups is 1. The zero-order valence-corrected chi connectivity index (χ0v) is 13.6. The van der Waals surface area contributed by atoms with Gasteiger partial charge < -0.3 is 9.84 Å². The van der Waals surface area contributed by atoms with Crippen LogP contribution in [0.5, 0.6) is 5.75 Å². The molecule has 1 heterocycles. The van der Waals surface area contributed by atoms with Crippen LogP contribution >= 0.6 is 0 Å². The van der Waals surface area contributed by atoms with E-state index in [-0.39, 0.29) is 17.7 Å². The maximum Gasteiger partial charge on any atom is 0.262 e. The Hall–Kier alpha value is -3.01. The van der Waals surface area contributed by atoms with Gasteiger partial charge in [0, 0.05) is 5.69 Å². The van der Waals surface area contributed by atoms with Crippen molar-refractivity contribution in [3.8, 4) is 5.75 Å². The summed E-state index contributed by atoms with van der Waals surface area (Å²) < 4.78 is 5.19. The third-order valence-corrected chi connectivity index (χ3v) is 4.05. The molecule has 0 saturated heterocycles. The van der Waals surface area contributed by atoms with Crippen LogP contribution in [0.25, 0.3) is 0 Å². The Kier molecular flexibility index (Phi) is 4.38. The van der Waals surface area contributed by atoms with Gasteiger partial charge in [-0.2, -0.15) is 0 Å². The summed E-state index contributed by atoms with van der Waals surface area (Å²) >= 11 is 0. The van der Waals surface area contributed by atoms with Crippen molar-refractivity contribution in [1.29, 1.82) is 0 Å². The summed E-state index contributed by atoms with van der Waals surface area (Å²) in [4.78, 5) is 14.6. The standard InChI is InChI=1S/C20H19NO3/c1-14(22)18-12-13-19(15-6-4-3-5-7-15)21(20(18)23)16-8-10-17(24-2)11-9-16/h3-13,19,22H,1-2H3/b18-14-. The highest BCUT2D eigenvalue weighted by Gasteiger charge is 2.31. The fourth-order valence-electron chi connectivity index (χ4n) is 2.81. The maximum atomic E-state index is 12.9. The van der Waals surface area contributed by atoms with Crippen LogP contribution in [0.2, 0.25) is 0 Å². The molecule has 1 aliphatic rings. The number of aliphatic hydroxyl groups excluding tert-OH is 1. The largest absolute Gasteiger partial charge is 0.512 e. The molecule has 1 unspecified atom stereocenters. The van der Waals surface area contributed by atoms with Gasteiger partial charge in [0.25, 0.3) is 5.91 Å². The highest BCUT2D eigenvalue weighted by atomic mass is 16.5. The molecule has 2 aromatic rings. The highest BCUT2D eigenvalue weighted by Crippen LogP contribution is 2.34. The van der Waals surface area contributed by atoms with Crippen LogP contribution in [-0.2, 0) is 4.79 Å². The summed E-state index contributed by atoms with van der Waals surface area (Å²) in [5, 5.41) is 9.81. The van der Waals surface area contributed by atoms with E-state index < -0.39 is 0 Å². The van der Waals surface area contributed by atoms with Crippen molar-refractivity contribution in [2.24, 2.45) is 0 Å². The number of carbonyl (C=O) groups excluding carboxylic acids is 1. The van der Waals surface area contributed by atoms with Gasteiger partial charge in [-0.05, 0) is 42.8 Å². The minimum absolute atomic E-state index is 0.0151. The Morgan fingerprint density at radius 3 is 2.33 bits per heavy atom. The Morgan fingerprint density at radius 1 is 1.08 bits per heavy atom. The lowest BCUT2D eigenvalue weighted by atomic mass is 9.97. The molecule has 4 nitrogen and oxygen atoms in total. The van der Waals surface area contributed by atoms with Crippen LogP contribution in [0.1, 0.15) is 18.5 Å². The number of hydrogen-bond donors (Lipinski definition) is 1. The van der Waals surface area contributed by atoms with E-state index in [0.29, 0.717) is 5.57 Å². The molecule has 0 aromatic heterocycles. The molecule has 4 heteroatoms. The number of benzene rings is 2. The highest BCUT2D eigenvalue weighted by molar-refractivity contribution is 6.09. The summed E-state index contributed by atoms with van der Waals surface area (Å²) in [6.45, 7) is 1.52. The number of hydrogen-bond acceptors (Lipinski definition) is 3. The topological polar surface area (TPSA) is 49.8 Å². The van der Waals surface area contributed by atoms with Crippen LogP contribution in [-0.4, -0.2) is 18.1 Å².